The number of fused-ring (bicyclic) bond motifs is 1. The molecule has 1 atom stereocenters. The Morgan fingerprint density at radius 2 is 2.00 bits per heavy atom. The molecular formula is C17H18F3N3O. The van der Waals surface area contributed by atoms with E-state index < -0.39 is 11.7 Å². The van der Waals surface area contributed by atoms with Crippen LogP contribution in [0.3, 0.4) is 0 Å². The van der Waals surface area contributed by atoms with Crippen molar-refractivity contribution in [1.82, 2.24) is 5.01 Å². The minimum atomic E-state index is -4.40. The maximum Gasteiger partial charge on any atom is 0.416 e. The van der Waals surface area contributed by atoms with E-state index in [1.165, 1.54) is 12.1 Å². The Morgan fingerprint density at radius 1 is 1.25 bits per heavy atom. The van der Waals surface area contributed by atoms with Crippen molar-refractivity contribution in [3.8, 4) is 0 Å². The van der Waals surface area contributed by atoms with Crippen LogP contribution in [0.1, 0.15) is 24.0 Å². The quantitative estimate of drug-likeness (QED) is 0.888. The number of aliphatic hydroxyl groups is 1. The predicted molar refractivity (Wildman–Crippen MR) is 85.9 cm³/mol. The van der Waals surface area contributed by atoms with Crippen molar-refractivity contribution in [2.45, 2.75) is 25.1 Å². The van der Waals surface area contributed by atoms with Gasteiger partial charge < -0.3 is 10.8 Å². The van der Waals surface area contributed by atoms with E-state index >= 15 is 0 Å². The summed E-state index contributed by atoms with van der Waals surface area (Å²) in [6.45, 7) is 0.532. The first-order valence-corrected chi connectivity index (χ1v) is 7.71. The Kier molecular flexibility index (Phi) is 4.36. The average molecular weight is 337 g/mol. The Bertz CT molecular complexity index is 722. The second-order valence-electron chi connectivity index (χ2n) is 5.80. The summed E-state index contributed by atoms with van der Waals surface area (Å²) in [6.07, 6.45) is -0.0424. The number of allylic oxidation sites excluding steroid dienone is 2. The molecule has 1 aliphatic carbocycles. The number of amidine groups is 1. The highest BCUT2D eigenvalue weighted by Gasteiger charge is 2.37. The molecule has 7 heteroatoms. The monoisotopic (exact) mass is 337 g/mol. The van der Waals surface area contributed by atoms with Crippen molar-refractivity contribution in [3.63, 3.8) is 0 Å². The van der Waals surface area contributed by atoms with Crippen LogP contribution in [0.2, 0.25) is 0 Å². The fourth-order valence-electron chi connectivity index (χ4n) is 3.12. The molecule has 0 amide bonds. The third kappa shape index (κ3) is 3.03. The number of alkyl halides is 3. The molecule has 0 fully saturated rings. The van der Waals surface area contributed by atoms with Crippen LogP contribution in [0, 0.1) is 0 Å². The lowest BCUT2D eigenvalue weighted by Gasteiger charge is -2.28. The molecular weight excluding hydrogens is 319 g/mol. The van der Waals surface area contributed by atoms with Crippen LogP contribution in [-0.2, 0) is 6.18 Å². The summed E-state index contributed by atoms with van der Waals surface area (Å²) in [4.78, 5) is 0. The molecule has 24 heavy (non-hydrogen) atoms. The summed E-state index contributed by atoms with van der Waals surface area (Å²) in [6, 6.07) is 5.40. The molecule has 0 saturated heterocycles. The summed E-state index contributed by atoms with van der Waals surface area (Å²) in [5.74, 6) is 0.386. The van der Waals surface area contributed by atoms with Gasteiger partial charge in [-0.15, -0.1) is 0 Å². The number of benzene rings is 1. The average Bonchev–Trinajstić information content (AvgIpc) is 2.88. The first kappa shape index (κ1) is 16.6. The fourth-order valence-corrected chi connectivity index (χ4v) is 3.12. The number of nitrogens with zero attached hydrogens (tertiary/aromatic N) is 2. The van der Waals surface area contributed by atoms with E-state index in [1.807, 2.05) is 0 Å². The first-order valence-electron chi connectivity index (χ1n) is 7.71. The third-order valence-electron chi connectivity index (χ3n) is 4.25. The maximum atomic E-state index is 13.3. The standard InChI is InChI=1S/C17H18F3N3O/c18-17(19,20)14-5-2-1-4-12(14)11-6-7-13-15(10-11)23(8-3-9-24)22-16(13)21/h1-2,4-7,15,24H,3,8-10H2,(H2,21,22). The van der Waals surface area contributed by atoms with Crippen molar-refractivity contribution < 1.29 is 18.3 Å². The lowest BCUT2D eigenvalue weighted by Crippen LogP contribution is -2.31. The van der Waals surface area contributed by atoms with Crippen molar-refractivity contribution in [2.75, 3.05) is 13.2 Å². The molecule has 1 aliphatic heterocycles. The minimum Gasteiger partial charge on any atom is -0.396 e. The van der Waals surface area contributed by atoms with Crippen molar-refractivity contribution >= 4 is 11.4 Å². The molecule has 2 aliphatic rings. The molecule has 0 saturated carbocycles. The molecule has 3 N–H and O–H groups in total. The summed E-state index contributed by atoms with van der Waals surface area (Å²) in [7, 11) is 0. The zero-order valence-electron chi connectivity index (χ0n) is 12.9. The highest BCUT2D eigenvalue weighted by atomic mass is 19.4. The summed E-state index contributed by atoms with van der Waals surface area (Å²) >= 11 is 0. The molecule has 1 heterocycles. The molecule has 0 radical (unpaired) electrons. The van der Waals surface area contributed by atoms with E-state index in [1.54, 1.807) is 23.2 Å². The third-order valence-corrected chi connectivity index (χ3v) is 4.25. The fraction of sp³-hybridized carbons (Fsp3) is 0.353. The number of rotatable bonds is 4. The number of hydrogen-bond donors (Lipinski definition) is 2. The van der Waals surface area contributed by atoms with Gasteiger partial charge in [0.25, 0.3) is 0 Å². The van der Waals surface area contributed by atoms with Crippen LogP contribution in [0.25, 0.3) is 5.57 Å². The van der Waals surface area contributed by atoms with Crippen LogP contribution < -0.4 is 5.73 Å². The molecule has 1 aromatic rings. The number of hydrogen-bond acceptors (Lipinski definition) is 4. The highest BCUT2D eigenvalue weighted by molar-refractivity contribution is 6.01. The molecule has 1 aromatic carbocycles. The summed E-state index contributed by atoms with van der Waals surface area (Å²) in [5.41, 5.74) is 6.88. The van der Waals surface area contributed by atoms with E-state index in [0.717, 1.165) is 11.6 Å². The van der Waals surface area contributed by atoms with Crippen molar-refractivity contribution in [1.29, 1.82) is 0 Å². The van der Waals surface area contributed by atoms with E-state index in [2.05, 4.69) is 5.10 Å². The Morgan fingerprint density at radius 3 is 2.71 bits per heavy atom. The second kappa shape index (κ2) is 6.32. The summed E-state index contributed by atoms with van der Waals surface area (Å²) < 4.78 is 39.8. The predicted octanol–water partition coefficient (Wildman–Crippen LogP) is 2.76. The van der Waals surface area contributed by atoms with Gasteiger partial charge in [0.2, 0.25) is 0 Å². The van der Waals surface area contributed by atoms with Gasteiger partial charge in [-0.05, 0) is 30.0 Å². The topological polar surface area (TPSA) is 61.8 Å². The van der Waals surface area contributed by atoms with Gasteiger partial charge in [0.05, 0.1) is 11.6 Å². The number of halogens is 3. The second-order valence-corrected chi connectivity index (χ2v) is 5.80. The number of nitrogens with two attached hydrogens (primary N) is 1. The van der Waals surface area contributed by atoms with Gasteiger partial charge in [-0.2, -0.15) is 18.3 Å². The van der Waals surface area contributed by atoms with Crippen LogP contribution in [0.5, 0.6) is 0 Å². The Balaban J connectivity index is 1.93. The molecule has 0 aromatic heterocycles. The molecule has 4 nitrogen and oxygen atoms in total. The van der Waals surface area contributed by atoms with Crippen molar-refractivity contribution in [3.05, 3.63) is 53.1 Å². The van der Waals surface area contributed by atoms with Gasteiger partial charge in [0, 0.05) is 18.7 Å². The van der Waals surface area contributed by atoms with Gasteiger partial charge in [-0.1, -0.05) is 30.4 Å². The molecule has 0 spiro atoms. The molecule has 128 valence electrons. The maximum absolute atomic E-state index is 13.3. The number of hydrazone groups is 1. The van der Waals surface area contributed by atoms with E-state index in [-0.39, 0.29) is 18.2 Å². The van der Waals surface area contributed by atoms with Crippen LogP contribution >= 0.6 is 0 Å². The van der Waals surface area contributed by atoms with Gasteiger partial charge in [-0.25, -0.2) is 0 Å². The first-order chi connectivity index (χ1) is 11.4. The zero-order chi connectivity index (χ0) is 17.3. The minimum absolute atomic E-state index is 0.0251. The van der Waals surface area contributed by atoms with Crippen molar-refractivity contribution in [2.24, 2.45) is 10.8 Å². The molecule has 1 unspecified atom stereocenters. The lowest BCUT2D eigenvalue weighted by molar-refractivity contribution is -0.137. The molecule has 0 bridgehead atoms. The van der Waals surface area contributed by atoms with E-state index in [9.17, 15) is 13.2 Å². The number of aliphatic hydroxyl groups excluding tert-OH is 1. The smallest absolute Gasteiger partial charge is 0.396 e. The van der Waals surface area contributed by atoms with Gasteiger partial charge >= 0.3 is 6.18 Å². The highest BCUT2D eigenvalue weighted by Crippen LogP contribution is 2.39. The molecule has 3 rings (SSSR count). The van der Waals surface area contributed by atoms with Gasteiger partial charge in [0.1, 0.15) is 5.84 Å². The van der Waals surface area contributed by atoms with Gasteiger partial charge in [0.15, 0.2) is 0 Å². The van der Waals surface area contributed by atoms with Crippen LogP contribution in [0.4, 0.5) is 13.2 Å². The van der Waals surface area contributed by atoms with Crippen LogP contribution in [-0.4, -0.2) is 35.1 Å². The largest absolute Gasteiger partial charge is 0.416 e. The normalized spacial score (nSPS) is 20.4. The summed E-state index contributed by atoms with van der Waals surface area (Å²) in [5, 5.41) is 15.0. The van der Waals surface area contributed by atoms with Crippen LogP contribution in [0.15, 0.2) is 47.1 Å². The van der Waals surface area contributed by atoms with Gasteiger partial charge in [-0.3, -0.25) is 5.01 Å². The van der Waals surface area contributed by atoms with E-state index in [4.69, 9.17) is 10.8 Å². The Labute approximate surface area is 137 Å². The van der Waals surface area contributed by atoms with E-state index in [0.29, 0.717) is 30.8 Å². The SMILES string of the molecule is NC1=NN(CCCO)C2CC(c3ccccc3C(F)(F)F)=CC=C12. The Hall–Kier alpha value is -2.28. The zero-order valence-corrected chi connectivity index (χ0v) is 12.9. The lowest BCUT2D eigenvalue weighted by atomic mass is 9.87.